The summed E-state index contributed by atoms with van der Waals surface area (Å²) in [5, 5.41) is 2.87. The lowest BCUT2D eigenvalue weighted by atomic mass is 10.0. The first-order chi connectivity index (χ1) is 11.5. The molecule has 0 saturated heterocycles. The third kappa shape index (κ3) is 4.44. The zero-order valence-corrected chi connectivity index (χ0v) is 14.3. The van der Waals surface area contributed by atoms with E-state index in [9.17, 15) is 9.59 Å². The first kappa shape index (κ1) is 17.7. The van der Waals surface area contributed by atoms with Crippen molar-refractivity contribution in [3.63, 3.8) is 0 Å². The number of aryl methyl sites for hydroxylation is 2. The fourth-order valence-corrected chi connectivity index (χ4v) is 2.51. The van der Waals surface area contributed by atoms with Crippen molar-refractivity contribution in [2.75, 3.05) is 5.32 Å². The van der Waals surface area contributed by atoms with Crippen LogP contribution >= 0.6 is 0 Å². The van der Waals surface area contributed by atoms with E-state index in [0.29, 0.717) is 6.42 Å². The minimum absolute atomic E-state index is 0.173. The highest BCUT2D eigenvalue weighted by molar-refractivity contribution is 6.05. The molecule has 4 nitrogen and oxygen atoms in total. The molecule has 0 aliphatic heterocycles. The summed E-state index contributed by atoms with van der Waals surface area (Å²) < 4.78 is 5.30. The number of ether oxygens (including phenoxy) is 1. The summed E-state index contributed by atoms with van der Waals surface area (Å²) >= 11 is 0. The van der Waals surface area contributed by atoms with Gasteiger partial charge in [-0.05, 0) is 37.0 Å². The molecule has 2 aromatic carbocycles. The Bertz CT molecular complexity index is 690. The van der Waals surface area contributed by atoms with Gasteiger partial charge < -0.3 is 10.1 Å². The Morgan fingerprint density at radius 3 is 2.21 bits per heavy atom. The summed E-state index contributed by atoms with van der Waals surface area (Å²) in [6.45, 7) is 5.83. The summed E-state index contributed by atoms with van der Waals surface area (Å²) in [5.41, 5.74) is 3.60. The molecule has 1 atom stereocenters. The van der Waals surface area contributed by atoms with Gasteiger partial charge in [0.15, 0.2) is 0 Å². The number of amides is 1. The lowest BCUT2D eigenvalue weighted by Crippen LogP contribution is -2.31. The minimum Gasteiger partial charge on any atom is -0.460 e. The van der Waals surface area contributed by atoms with Gasteiger partial charge in [-0.25, -0.2) is 0 Å². The van der Waals surface area contributed by atoms with Gasteiger partial charge in [-0.15, -0.1) is 0 Å². The smallest absolute Gasteiger partial charge is 0.318 e. The Morgan fingerprint density at radius 1 is 1.00 bits per heavy atom. The molecule has 0 spiro atoms. The maximum absolute atomic E-state index is 12.5. The first-order valence-electron chi connectivity index (χ1n) is 8.10. The van der Waals surface area contributed by atoms with Gasteiger partial charge in [0.25, 0.3) is 0 Å². The Labute approximate surface area is 142 Å². The lowest BCUT2D eigenvalue weighted by Gasteiger charge is -2.17. The third-order valence-corrected chi connectivity index (χ3v) is 3.96. The van der Waals surface area contributed by atoms with Crippen LogP contribution in [-0.2, 0) is 20.9 Å². The van der Waals surface area contributed by atoms with Crippen molar-refractivity contribution >= 4 is 17.6 Å². The Morgan fingerprint density at radius 2 is 1.62 bits per heavy atom. The first-order valence-corrected chi connectivity index (χ1v) is 8.10. The third-order valence-electron chi connectivity index (χ3n) is 3.96. The van der Waals surface area contributed by atoms with Gasteiger partial charge in [0.1, 0.15) is 12.5 Å². The highest BCUT2D eigenvalue weighted by atomic mass is 16.5. The monoisotopic (exact) mass is 325 g/mol. The standard InChI is InChI=1S/C20H23NO3/c1-4-17(20(23)24-13-16-11-6-5-7-12-16)19(22)21-18-14(2)9-8-10-15(18)3/h5-12,17H,4,13H2,1-3H3,(H,21,22). The van der Waals surface area contributed by atoms with Crippen molar-refractivity contribution in [3.8, 4) is 0 Å². The van der Waals surface area contributed by atoms with Crippen LogP contribution in [0.1, 0.15) is 30.0 Å². The molecular weight excluding hydrogens is 302 g/mol. The lowest BCUT2D eigenvalue weighted by molar-refractivity contribution is -0.152. The van der Waals surface area contributed by atoms with E-state index >= 15 is 0 Å². The molecule has 1 N–H and O–H groups in total. The number of anilines is 1. The van der Waals surface area contributed by atoms with Crippen LogP contribution in [0, 0.1) is 19.8 Å². The van der Waals surface area contributed by atoms with E-state index in [1.807, 2.05) is 62.4 Å². The molecule has 1 unspecified atom stereocenters. The topological polar surface area (TPSA) is 55.4 Å². The SMILES string of the molecule is CCC(C(=O)Nc1c(C)cccc1C)C(=O)OCc1ccccc1. The van der Waals surface area contributed by atoms with Crippen molar-refractivity contribution < 1.29 is 14.3 Å². The number of rotatable bonds is 6. The van der Waals surface area contributed by atoms with Crippen LogP contribution in [0.2, 0.25) is 0 Å². The number of benzene rings is 2. The van der Waals surface area contributed by atoms with Gasteiger partial charge in [0, 0.05) is 5.69 Å². The number of hydrogen-bond donors (Lipinski definition) is 1. The number of carbonyl (C=O) groups is 2. The van der Waals surface area contributed by atoms with Gasteiger partial charge in [0.2, 0.25) is 5.91 Å². The van der Waals surface area contributed by atoms with E-state index in [-0.39, 0.29) is 12.5 Å². The van der Waals surface area contributed by atoms with Crippen LogP contribution < -0.4 is 5.32 Å². The maximum Gasteiger partial charge on any atom is 0.318 e. The highest BCUT2D eigenvalue weighted by Crippen LogP contribution is 2.21. The second-order valence-corrected chi connectivity index (χ2v) is 5.81. The van der Waals surface area contributed by atoms with Crippen LogP contribution in [0.15, 0.2) is 48.5 Å². The second kappa shape index (κ2) is 8.29. The Balaban J connectivity index is 2.01. The van der Waals surface area contributed by atoms with Crippen molar-refractivity contribution in [1.82, 2.24) is 0 Å². The molecule has 2 aromatic rings. The van der Waals surface area contributed by atoms with Gasteiger partial charge in [-0.1, -0.05) is 55.5 Å². The fourth-order valence-electron chi connectivity index (χ4n) is 2.51. The van der Waals surface area contributed by atoms with E-state index in [0.717, 1.165) is 22.4 Å². The Hall–Kier alpha value is -2.62. The van der Waals surface area contributed by atoms with Gasteiger partial charge in [-0.3, -0.25) is 9.59 Å². The van der Waals surface area contributed by atoms with E-state index in [1.54, 1.807) is 6.92 Å². The van der Waals surface area contributed by atoms with Crippen LogP contribution in [0.4, 0.5) is 5.69 Å². The average molecular weight is 325 g/mol. The highest BCUT2D eigenvalue weighted by Gasteiger charge is 2.27. The summed E-state index contributed by atoms with van der Waals surface area (Å²) in [5.74, 6) is -1.63. The molecule has 0 fully saturated rings. The molecule has 4 heteroatoms. The predicted octanol–water partition coefficient (Wildman–Crippen LogP) is 4.01. The number of hydrogen-bond acceptors (Lipinski definition) is 3. The zero-order valence-electron chi connectivity index (χ0n) is 14.3. The molecule has 2 rings (SSSR count). The minimum atomic E-state index is -0.812. The van der Waals surface area contributed by atoms with Gasteiger partial charge in [-0.2, -0.15) is 0 Å². The number of carbonyl (C=O) groups excluding carboxylic acids is 2. The number of nitrogens with one attached hydrogen (secondary N) is 1. The van der Waals surface area contributed by atoms with Crippen molar-refractivity contribution in [2.24, 2.45) is 5.92 Å². The molecule has 0 bridgehead atoms. The summed E-state index contributed by atoms with van der Waals surface area (Å²) in [6, 6.07) is 15.2. The molecule has 0 aliphatic carbocycles. The summed E-state index contributed by atoms with van der Waals surface area (Å²) in [7, 11) is 0. The summed E-state index contributed by atoms with van der Waals surface area (Å²) in [4.78, 5) is 24.8. The van der Waals surface area contributed by atoms with Gasteiger partial charge in [0.05, 0.1) is 0 Å². The van der Waals surface area contributed by atoms with Crippen LogP contribution in [0.3, 0.4) is 0 Å². The normalized spacial score (nSPS) is 11.6. The van der Waals surface area contributed by atoms with E-state index < -0.39 is 11.9 Å². The summed E-state index contributed by atoms with van der Waals surface area (Å²) in [6.07, 6.45) is 0.393. The molecule has 0 radical (unpaired) electrons. The quantitative estimate of drug-likeness (QED) is 0.645. The predicted molar refractivity (Wildman–Crippen MR) is 94.6 cm³/mol. The average Bonchev–Trinajstić information content (AvgIpc) is 2.58. The number of esters is 1. The van der Waals surface area contributed by atoms with Crippen LogP contribution in [0.5, 0.6) is 0 Å². The van der Waals surface area contributed by atoms with Crippen LogP contribution in [0.25, 0.3) is 0 Å². The molecule has 0 heterocycles. The molecule has 24 heavy (non-hydrogen) atoms. The molecule has 126 valence electrons. The van der Waals surface area contributed by atoms with Gasteiger partial charge >= 0.3 is 5.97 Å². The Kier molecular flexibility index (Phi) is 6.13. The van der Waals surface area contributed by atoms with Crippen molar-refractivity contribution in [3.05, 3.63) is 65.2 Å². The fraction of sp³-hybridized carbons (Fsp3) is 0.300. The largest absolute Gasteiger partial charge is 0.460 e. The second-order valence-electron chi connectivity index (χ2n) is 5.81. The maximum atomic E-state index is 12.5. The van der Waals surface area contributed by atoms with Crippen molar-refractivity contribution in [1.29, 1.82) is 0 Å². The molecule has 0 aliphatic rings. The van der Waals surface area contributed by atoms with E-state index in [2.05, 4.69) is 5.32 Å². The molecular formula is C20H23NO3. The molecule has 0 saturated carbocycles. The molecule has 0 aromatic heterocycles. The van der Waals surface area contributed by atoms with Crippen molar-refractivity contribution in [2.45, 2.75) is 33.8 Å². The van der Waals surface area contributed by atoms with E-state index in [4.69, 9.17) is 4.74 Å². The molecule has 1 amide bonds. The zero-order chi connectivity index (χ0) is 17.5. The number of para-hydroxylation sites is 1. The van der Waals surface area contributed by atoms with Crippen LogP contribution in [-0.4, -0.2) is 11.9 Å². The van der Waals surface area contributed by atoms with E-state index in [1.165, 1.54) is 0 Å².